The first-order valence-corrected chi connectivity index (χ1v) is 10.8. The second-order valence-electron chi connectivity index (χ2n) is 7.70. The van der Waals surface area contributed by atoms with E-state index in [0.29, 0.717) is 34.6 Å². The van der Waals surface area contributed by atoms with Gasteiger partial charge in [-0.3, -0.25) is 14.4 Å². The highest BCUT2D eigenvalue weighted by Gasteiger charge is 2.31. The maximum atomic E-state index is 12.9. The Hall–Kier alpha value is -2.95. The second kappa shape index (κ2) is 10.7. The number of hydrogen-bond donors (Lipinski definition) is 1. The summed E-state index contributed by atoms with van der Waals surface area (Å²) in [7, 11) is 0. The van der Waals surface area contributed by atoms with Gasteiger partial charge in [-0.1, -0.05) is 74.9 Å². The number of unbranched alkanes of at least 4 members (excludes halogenated alkanes) is 7. The van der Waals surface area contributed by atoms with Crippen LogP contribution < -0.4 is 4.74 Å². The van der Waals surface area contributed by atoms with Crippen molar-refractivity contribution in [2.24, 2.45) is 0 Å². The largest absolute Gasteiger partial charge is 0.493 e. The molecule has 0 amide bonds. The van der Waals surface area contributed by atoms with Gasteiger partial charge >= 0.3 is 5.97 Å². The fourth-order valence-corrected chi connectivity index (χ4v) is 3.85. The third-order valence-corrected chi connectivity index (χ3v) is 5.46. The highest BCUT2D eigenvalue weighted by Crippen LogP contribution is 2.33. The average molecular weight is 408 g/mol. The lowest BCUT2D eigenvalue weighted by molar-refractivity contribution is -0.137. The number of carboxylic acids is 1. The smallest absolute Gasteiger partial charge is 0.303 e. The van der Waals surface area contributed by atoms with Crippen molar-refractivity contribution in [3.63, 3.8) is 0 Å². The van der Waals surface area contributed by atoms with E-state index in [9.17, 15) is 14.4 Å². The highest BCUT2D eigenvalue weighted by molar-refractivity contribution is 6.29. The van der Waals surface area contributed by atoms with Gasteiger partial charge in [0.05, 0.1) is 12.2 Å². The summed E-state index contributed by atoms with van der Waals surface area (Å²) in [4.78, 5) is 36.1. The molecule has 0 spiro atoms. The first-order chi connectivity index (χ1) is 14.6. The number of carbonyl (C=O) groups excluding carboxylic acids is 2. The van der Waals surface area contributed by atoms with E-state index in [2.05, 4.69) is 0 Å². The highest BCUT2D eigenvalue weighted by atomic mass is 16.5. The molecule has 3 rings (SSSR count). The number of rotatable bonds is 12. The zero-order chi connectivity index (χ0) is 21.3. The summed E-state index contributed by atoms with van der Waals surface area (Å²) >= 11 is 0. The molecule has 2 aromatic carbocycles. The van der Waals surface area contributed by atoms with Gasteiger partial charge in [0.25, 0.3) is 0 Å². The van der Waals surface area contributed by atoms with Gasteiger partial charge in [0, 0.05) is 23.1 Å². The molecule has 2 aromatic rings. The minimum atomic E-state index is -0.718. The van der Waals surface area contributed by atoms with Crippen LogP contribution in [-0.4, -0.2) is 29.2 Å². The molecule has 158 valence electrons. The molecule has 0 bridgehead atoms. The van der Waals surface area contributed by atoms with Crippen LogP contribution in [0.5, 0.6) is 5.75 Å². The van der Waals surface area contributed by atoms with Gasteiger partial charge in [-0.15, -0.1) is 0 Å². The Morgan fingerprint density at radius 2 is 1.27 bits per heavy atom. The number of aliphatic carboxylic acids is 1. The van der Waals surface area contributed by atoms with Gasteiger partial charge in [-0.2, -0.15) is 0 Å². The fourth-order valence-electron chi connectivity index (χ4n) is 3.85. The molecule has 0 atom stereocenters. The lowest BCUT2D eigenvalue weighted by atomic mass is 9.83. The van der Waals surface area contributed by atoms with Crippen molar-refractivity contribution in [3.8, 4) is 5.75 Å². The van der Waals surface area contributed by atoms with E-state index in [1.54, 1.807) is 42.5 Å². The van der Waals surface area contributed by atoms with E-state index in [1.807, 2.05) is 0 Å². The SMILES string of the molecule is O=C(O)CCCCCCCCCCOc1cccc2c1C(=O)c1ccccc1C2=O. The Morgan fingerprint density at radius 1 is 0.700 bits per heavy atom. The molecular formula is C25H28O5. The number of fused-ring (bicyclic) bond motifs is 2. The summed E-state index contributed by atoms with van der Waals surface area (Å²) < 4.78 is 5.89. The molecule has 0 radical (unpaired) electrons. The van der Waals surface area contributed by atoms with Crippen molar-refractivity contribution >= 4 is 17.5 Å². The molecule has 0 heterocycles. The van der Waals surface area contributed by atoms with E-state index in [4.69, 9.17) is 9.84 Å². The van der Waals surface area contributed by atoms with Gasteiger partial charge < -0.3 is 9.84 Å². The minimum Gasteiger partial charge on any atom is -0.493 e. The van der Waals surface area contributed by atoms with Crippen LogP contribution in [0.15, 0.2) is 42.5 Å². The van der Waals surface area contributed by atoms with Crippen molar-refractivity contribution in [1.82, 2.24) is 0 Å². The number of carbonyl (C=O) groups is 3. The van der Waals surface area contributed by atoms with Crippen LogP contribution in [0, 0.1) is 0 Å². The van der Waals surface area contributed by atoms with E-state index < -0.39 is 5.97 Å². The third kappa shape index (κ3) is 5.35. The Morgan fingerprint density at radius 3 is 1.93 bits per heavy atom. The van der Waals surface area contributed by atoms with Crippen molar-refractivity contribution in [2.45, 2.75) is 57.8 Å². The topological polar surface area (TPSA) is 80.7 Å². The summed E-state index contributed by atoms with van der Waals surface area (Å²) in [5.41, 5.74) is 1.69. The number of carboxylic acid groups (broad SMARTS) is 1. The van der Waals surface area contributed by atoms with Crippen LogP contribution in [0.25, 0.3) is 0 Å². The Kier molecular flexibility index (Phi) is 7.77. The van der Waals surface area contributed by atoms with Crippen LogP contribution >= 0.6 is 0 Å². The molecule has 5 heteroatoms. The molecule has 1 aliphatic rings. The Balaban J connectivity index is 1.43. The van der Waals surface area contributed by atoms with Crippen molar-refractivity contribution in [2.75, 3.05) is 6.61 Å². The van der Waals surface area contributed by atoms with Gasteiger partial charge in [0.1, 0.15) is 5.75 Å². The fraction of sp³-hybridized carbons (Fsp3) is 0.400. The molecule has 0 saturated heterocycles. The molecule has 30 heavy (non-hydrogen) atoms. The predicted molar refractivity (Wildman–Crippen MR) is 114 cm³/mol. The molecular weight excluding hydrogens is 380 g/mol. The van der Waals surface area contributed by atoms with Gasteiger partial charge in [0.2, 0.25) is 0 Å². The van der Waals surface area contributed by atoms with Gasteiger partial charge in [0.15, 0.2) is 11.6 Å². The van der Waals surface area contributed by atoms with Crippen LogP contribution in [0.3, 0.4) is 0 Å². The standard InChI is InChI=1S/C25H28O5/c26-22(27)16-7-5-3-1-2-4-6-10-17-30-21-15-11-14-20-23(21)25(29)19-13-9-8-12-18(19)24(20)28/h8-9,11-15H,1-7,10,16-17H2,(H,26,27). The minimum absolute atomic E-state index is 0.131. The van der Waals surface area contributed by atoms with Gasteiger partial charge in [-0.05, 0) is 18.9 Å². The van der Waals surface area contributed by atoms with Crippen LogP contribution in [0.1, 0.15) is 89.6 Å². The molecule has 1 N–H and O–H groups in total. The summed E-state index contributed by atoms with van der Waals surface area (Å²) in [6.45, 7) is 0.512. The molecule has 0 fully saturated rings. The summed E-state index contributed by atoms with van der Waals surface area (Å²) in [5.74, 6) is -0.517. The van der Waals surface area contributed by atoms with E-state index in [-0.39, 0.29) is 18.0 Å². The maximum absolute atomic E-state index is 12.9. The molecule has 0 aromatic heterocycles. The monoisotopic (exact) mass is 408 g/mol. The van der Waals surface area contributed by atoms with Crippen molar-refractivity contribution in [3.05, 3.63) is 64.7 Å². The first-order valence-electron chi connectivity index (χ1n) is 10.8. The zero-order valence-electron chi connectivity index (χ0n) is 17.2. The van der Waals surface area contributed by atoms with Gasteiger partial charge in [-0.25, -0.2) is 0 Å². The molecule has 1 aliphatic carbocycles. The lowest BCUT2D eigenvalue weighted by Crippen LogP contribution is -2.21. The lowest BCUT2D eigenvalue weighted by Gasteiger charge is -2.20. The van der Waals surface area contributed by atoms with Crippen LogP contribution in [0.4, 0.5) is 0 Å². The normalized spacial score (nSPS) is 12.4. The number of benzene rings is 2. The quantitative estimate of drug-likeness (QED) is 0.404. The van der Waals surface area contributed by atoms with Crippen LogP contribution in [0.2, 0.25) is 0 Å². The van der Waals surface area contributed by atoms with E-state index >= 15 is 0 Å². The Labute approximate surface area is 177 Å². The second-order valence-corrected chi connectivity index (χ2v) is 7.70. The number of ether oxygens (including phenoxy) is 1. The maximum Gasteiger partial charge on any atom is 0.303 e. The number of ketones is 2. The average Bonchev–Trinajstić information content (AvgIpc) is 2.75. The van der Waals surface area contributed by atoms with Crippen molar-refractivity contribution < 1.29 is 24.2 Å². The van der Waals surface area contributed by atoms with E-state index in [1.165, 1.54) is 0 Å². The number of hydrogen-bond acceptors (Lipinski definition) is 4. The summed E-state index contributed by atoms with van der Waals surface area (Å²) in [5, 5.41) is 8.61. The first kappa shape index (κ1) is 21.8. The summed E-state index contributed by atoms with van der Waals surface area (Å²) in [6, 6.07) is 12.1. The third-order valence-electron chi connectivity index (χ3n) is 5.46. The van der Waals surface area contributed by atoms with Crippen LogP contribution in [-0.2, 0) is 4.79 Å². The summed E-state index contributed by atoms with van der Waals surface area (Å²) in [6.07, 6.45) is 8.39. The molecule has 0 unspecified atom stereocenters. The zero-order valence-corrected chi connectivity index (χ0v) is 17.2. The van der Waals surface area contributed by atoms with Crippen molar-refractivity contribution in [1.29, 1.82) is 0 Å². The molecule has 0 aliphatic heterocycles. The predicted octanol–water partition coefficient (Wildman–Crippen LogP) is 5.44. The molecule has 0 saturated carbocycles. The Bertz CT molecular complexity index is 916. The molecule has 5 nitrogen and oxygen atoms in total. The van der Waals surface area contributed by atoms with E-state index in [0.717, 1.165) is 51.4 Å².